The van der Waals surface area contributed by atoms with E-state index in [2.05, 4.69) is 0 Å². The summed E-state index contributed by atoms with van der Waals surface area (Å²) in [7, 11) is 0. The molecule has 3 atom stereocenters. The number of nitrogens with zero attached hydrogens (tertiary/aromatic N) is 1. The average Bonchev–Trinajstić information content (AvgIpc) is 2.66. The fourth-order valence-electron chi connectivity index (χ4n) is 5.71. The number of hydrogen-bond acceptors (Lipinski definition) is 3. The number of rotatable bonds is 3. The van der Waals surface area contributed by atoms with Crippen molar-refractivity contribution >= 4 is 6.09 Å². The largest absolute Gasteiger partial charge is 0.488 e. The van der Waals surface area contributed by atoms with Crippen LogP contribution in [0.25, 0.3) is 0 Å². The van der Waals surface area contributed by atoms with Crippen LogP contribution in [0.15, 0.2) is 18.2 Å². The van der Waals surface area contributed by atoms with Gasteiger partial charge in [-0.05, 0) is 75.6 Å². The van der Waals surface area contributed by atoms with E-state index < -0.39 is 18.6 Å². The number of halogens is 2. The van der Waals surface area contributed by atoms with Gasteiger partial charge in [-0.2, -0.15) is 0 Å². The molecular formula is C23H31F2NO3. The van der Waals surface area contributed by atoms with Crippen LogP contribution in [0, 0.1) is 5.92 Å². The zero-order valence-corrected chi connectivity index (χ0v) is 17.3. The van der Waals surface area contributed by atoms with E-state index in [1.54, 1.807) is 12.1 Å². The zero-order chi connectivity index (χ0) is 22.6. The van der Waals surface area contributed by atoms with Gasteiger partial charge in [0.2, 0.25) is 0 Å². The number of fused-ring (bicyclic) bond motifs is 1. The minimum absolute atomic E-state index is 0.0515. The van der Waals surface area contributed by atoms with Gasteiger partial charge in [0, 0.05) is 18.0 Å². The molecule has 0 unspecified atom stereocenters. The molecule has 6 heteroatoms. The van der Waals surface area contributed by atoms with Crippen molar-refractivity contribution in [3.63, 3.8) is 0 Å². The maximum atomic E-state index is 13.0. The Balaban J connectivity index is 1.69. The van der Waals surface area contributed by atoms with Crippen molar-refractivity contribution in [2.75, 3.05) is 13.1 Å². The second-order valence-corrected chi connectivity index (χ2v) is 9.54. The van der Waals surface area contributed by atoms with E-state index in [4.69, 9.17) is 12.2 Å². The van der Waals surface area contributed by atoms with Gasteiger partial charge in [-0.1, -0.05) is 18.9 Å². The molecule has 2 fully saturated rings. The first-order valence-electron chi connectivity index (χ1n) is 11.5. The average molecular weight is 410 g/mol. The summed E-state index contributed by atoms with van der Waals surface area (Å²) < 4.78 is 51.6. The highest BCUT2D eigenvalue weighted by atomic mass is 19.3. The number of amides is 1. The van der Waals surface area contributed by atoms with Crippen LogP contribution >= 0.6 is 0 Å². The number of piperidine rings is 1. The number of hydrogen-bond donors (Lipinski definition) is 0. The first kappa shape index (κ1) is 18.0. The summed E-state index contributed by atoms with van der Waals surface area (Å²) in [5.74, 6) is 0.410. The Morgan fingerprint density at radius 1 is 1.34 bits per heavy atom. The first-order chi connectivity index (χ1) is 14.4. The second kappa shape index (κ2) is 7.44. The van der Waals surface area contributed by atoms with Gasteiger partial charge < -0.3 is 14.4 Å². The monoisotopic (exact) mass is 409 g/mol. The standard InChI is InChI=1S/C23H31F2NO3/c1-22(2,3)29-21(27)26-11-10-23-9-5-4-6-17(23)19(26)12-15-7-8-16(13-18(15)23)28-14-20(24)25/h7-8,13,17,19-20H,4-6,9-12,14H2,1-3H3/t17-,19+,23+/m1/s1/i14D2. The summed E-state index contributed by atoms with van der Waals surface area (Å²) in [5, 5.41) is 0. The molecule has 1 saturated carbocycles. The third kappa shape index (κ3) is 3.82. The van der Waals surface area contributed by atoms with Crippen molar-refractivity contribution in [3.8, 4) is 5.75 Å². The zero-order valence-electron chi connectivity index (χ0n) is 19.3. The summed E-state index contributed by atoms with van der Waals surface area (Å²) in [6.45, 7) is 3.17. The van der Waals surface area contributed by atoms with Crippen LogP contribution < -0.4 is 4.74 Å². The van der Waals surface area contributed by atoms with E-state index in [1.807, 2.05) is 31.7 Å². The van der Waals surface area contributed by atoms with E-state index in [0.29, 0.717) is 13.0 Å². The maximum Gasteiger partial charge on any atom is 0.410 e. The van der Waals surface area contributed by atoms with E-state index in [0.717, 1.165) is 43.2 Å². The number of carbonyl (C=O) groups excluding carboxylic acids is 1. The van der Waals surface area contributed by atoms with Gasteiger partial charge in [-0.3, -0.25) is 0 Å². The van der Waals surface area contributed by atoms with Crippen molar-refractivity contribution in [2.24, 2.45) is 5.92 Å². The second-order valence-electron chi connectivity index (χ2n) is 9.54. The normalized spacial score (nSPS) is 30.1. The van der Waals surface area contributed by atoms with Crippen molar-refractivity contribution in [1.29, 1.82) is 0 Å². The van der Waals surface area contributed by atoms with Crippen LogP contribution in [0.3, 0.4) is 0 Å². The third-order valence-electron chi connectivity index (χ3n) is 6.70. The van der Waals surface area contributed by atoms with Gasteiger partial charge >= 0.3 is 6.09 Å². The molecule has 1 aliphatic heterocycles. The smallest absolute Gasteiger partial charge is 0.410 e. The molecule has 0 aromatic heterocycles. The van der Waals surface area contributed by atoms with Gasteiger partial charge in [0.15, 0.2) is 0 Å². The van der Waals surface area contributed by atoms with E-state index >= 15 is 0 Å². The minimum atomic E-state index is -3.23. The Hall–Kier alpha value is -1.85. The molecule has 1 heterocycles. The molecule has 1 saturated heterocycles. The Kier molecular flexibility index (Phi) is 4.61. The molecule has 1 aromatic rings. The SMILES string of the molecule is [2H]C([2H])(Oc1ccc2c(c1)[C@]13CCCC[C@@H]1[C@H](C2)N(C(=O)OC(C)(C)C)CC3)C(F)F. The van der Waals surface area contributed by atoms with Gasteiger partial charge in [-0.25, -0.2) is 13.6 Å². The maximum absolute atomic E-state index is 13.0. The number of alkyl halides is 2. The molecule has 2 aliphatic carbocycles. The molecule has 4 nitrogen and oxygen atoms in total. The number of benzene rings is 1. The van der Waals surface area contributed by atoms with E-state index in [-0.39, 0.29) is 29.2 Å². The highest BCUT2D eigenvalue weighted by molar-refractivity contribution is 5.69. The summed E-state index contributed by atoms with van der Waals surface area (Å²) in [4.78, 5) is 14.8. The van der Waals surface area contributed by atoms with Crippen molar-refractivity contribution in [3.05, 3.63) is 29.3 Å². The quantitative estimate of drug-likeness (QED) is 0.678. The van der Waals surface area contributed by atoms with Crippen LogP contribution in [0.5, 0.6) is 5.75 Å². The van der Waals surface area contributed by atoms with Crippen molar-refractivity contribution < 1.29 is 25.8 Å². The van der Waals surface area contributed by atoms with Crippen LogP contribution in [0.4, 0.5) is 13.6 Å². The lowest BCUT2D eigenvalue weighted by Gasteiger charge is -2.58. The molecule has 1 amide bonds. The lowest BCUT2D eigenvalue weighted by atomic mass is 9.52. The van der Waals surface area contributed by atoms with Gasteiger partial charge in [0.05, 0.1) is 2.74 Å². The molecule has 29 heavy (non-hydrogen) atoms. The third-order valence-corrected chi connectivity index (χ3v) is 6.70. The fourth-order valence-corrected chi connectivity index (χ4v) is 5.71. The predicted molar refractivity (Wildman–Crippen MR) is 107 cm³/mol. The summed E-state index contributed by atoms with van der Waals surface area (Å²) in [5.41, 5.74) is 1.48. The van der Waals surface area contributed by atoms with Gasteiger partial charge in [0.1, 0.15) is 17.9 Å². The predicted octanol–water partition coefficient (Wildman–Crippen LogP) is 5.32. The van der Waals surface area contributed by atoms with Crippen LogP contribution in [-0.2, 0) is 16.6 Å². The molecule has 2 bridgehead atoms. The Labute approximate surface area is 174 Å². The van der Waals surface area contributed by atoms with E-state index in [1.165, 1.54) is 0 Å². The molecule has 0 radical (unpaired) electrons. The molecule has 1 aromatic carbocycles. The fraction of sp³-hybridized carbons (Fsp3) is 0.696. The molecule has 3 aliphatic rings. The molecule has 0 spiro atoms. The molecular weight excluding hydrogens is 376 g/mol. The van der Waals surface area contributed by atoms with Crippen molar-refractivity contribution in [2.45, 2.75) is 82.8 Å². The van der Waals surface area contributed by atoms with Crippen LogP contribution in [0.1, 0.15) is 66.7 Å². The lowest BCUT2D eigenvalue weighted by Crippen LogP contribution is -2.62. The van der Waals surface area contributed by atoms with E-state index in [9.17, 15) is 13.6 Å². The summed E-state index contributed by atoms with van der Waals surface area (Å²) in [6.07, 6.45) is 2.13. The van der Waals surface area contributed by atoms with Crippen LogP contribution in [-0.4, -0.2) is 42.2 Å². The first-order valence-corrected chi connectivity index (χ1v) is 10.5. The minimum Gasteiger partial charge on any atom is -0.488 e. The highest BCUT2D eigenvalue weighted by Crippen LogP contribution is 2.56. The lowest BCUT2D eigenvalue weighted by molar-refractivity contribution is -0.0349. The molecule has 4 rings (SSSR count). The van der Waals surface area contributed by atoms with Gasteiger partial charge in [0.25, 0.3) is 6.43 Å². The molecule has 0 N–H and O–H groups in total. The summed E-state index contributed by atoms with van der Waals surface area (Å²) in [6, 6.07) is 5.24. The van der Waals surface area contributed by atoms with Gasteiger partial charge in [-0.15, -0.1) is 0 Å². The Bertz CT molecular complexity index is 858. The highest BCUT2D eigenvalue weighted by Gasteiger charge is 2.55. The number of ether oxygens (including phenoxy) is 2. The number of carbonyl (C=O) groups is 1. The van der Waals surface area contributed by atoms with Crippen LogP contribution in [0.2, 0.25) is 0 Å². The molecule has 160 valence electrons. The Morgan fingerprint density at radius 3 is 2.86 bits per heavy atom. The number of likely N-dealkylation sites (tertiary alicyclic amines) is 1. The van der Waals surface area contributed by atoms with Crippen molar-refractivity contribution in [1.82, 2.24) is 4.90 Å². The topological polar surface area (TPSA) is 38.8 Å². The Morgan fingerprint density at radius 2 is 2.14 bits per heavy atom. The summed E-state index contributed by atoms with van der Waals surface area (Å²) >= 11 is 0.